The number of rotatable bonds is 4. The highest BCUT2D eigenvalue weighted by Crippen LogP contribution is 2.38. The van der Waals surface area contributed by atoms with Crippen LogP contribution in [-0.2, 0) is 4.79 Å². The van der Waals surface area contributed by atoms with Crippen molar-refractivity contribution in [3.05, 3.63) is 18.1 Å². The average molecular weight is 261 g/mol. The molecule has 0 aliphatic heterocycles. The molecule has 2 aromatic heterocycles. The van der Waals surface area contributed by atoms with Crippen LogP contribution in [0.4, 0.5) is 5.82 Å². The van der Waals surface area contributed by atoms with Crippen molar-refractivity contribution in [2.75, 3.05) is 5.32 Å². The summed E-state index contributed by atoms with van der Waals surface area (Å²) in [6.45, 7) is 1.88. The van der Waals surface area contributed by atoms with E-state index in [-0.39, 0.29) is 12.0 Å². The Balaban J connectivity index is 1.96. The molecular weight excluding hydrogens is 246 g/mol. The molecule has 1 aliphatic rings. The lowest BCUT2D eigenvalue weighted by molar-refractivity contribution is -0.138. The predicted octanol–water partition coefficient (Wildman–Crippen LogP) is 1.24. The van der Waals surface area contributed by atoms with Crippen molar-refractivity contribution >= 4 is 17.6 Å². The minimum atomic E-state index is -0.784. The molecule has 3 rings (SSSR count). The van der Waals surface area contributed by atoms with Crippen LogP contribution in [0.3, 0.4) is 0 Å². The van der Waals surface area contributed by atoms with Crippen LogP contribution in [0.5, 0.6) is 0 Å². The molecule has 1 saturated carbocycles. The minimum Gasteiger partial charge on any atom is -0.481 e. The quantitative estimate of drug-likeness (QED) is 0.860. The Morgan fingerprint density at radius 1 is 1.58 bits per heavy atom. The smallest absolute Gasteiger partial charge is 0.305 e. The third-order valence-corrected chi connectivity index (χ3v) is 3.57. The molecule has 1 aliphatic carbocycles. The first kappa shape index (κ1) is 11.9. The van der Waals surface area contributed by atoms with E-state index in [0.717, 1.165) is 30.8 Å². The van der Waals surface area contributed by atoms with Gasteiger partial charge in [-0.15, -0.1) is 0 Å². The van der Waals surface area contributed by atoms with Gasteiger partial charge in [0.1, 0.15) is 12.1 Å². The van der Waals surface area contributed by atoms with Gasteiger partial charge >= 0.3 is 5.97 Å². The van der Waals surface area contributed by atoms with Gasteiger partial charge in [0.15, 0.2) is 0 Å². The number of hydrogen-bond donors (Lipinski definition) is 2. The van der Waals surface area contributed by atoms with Gasteiger partial charge in [-0.2, -0.15) is 14.6 Å². The van der Waals surface area contributed by atoms with E-state index in [2.05, 4.69) is 20.4 Å². The van der Waals surface area contributed by atoms with E-state index in [4.69, 9.17) is 5.11 Å². The van der Waals surface area contributed by atoms with Crippen LogP contribution in [0, 0.1) is 6.92 Å². The second kappa shape index (κ2) is 4.18. The molecule has 0 atom stereocenters. The fraction of sp³-hybridized carbons (Fsp3) is 0.500. The molecule has 19 heavy (non-hydrogen) atoms. The highest BCUT2D eigenvalue weighted by atomic mass is 16.4. The number of carboxylic acids is 1. The van der Waals surface area contributed by atoms with Gasteiger partial charge in [-0.25, -0.2) is 4.98 Å². The molecule has 2 aromatic rings. The maximum atomic E-state index is 11.0. The van der Waals surface area contributed by atoms with E-state index in [1.54, 1.807) is 4.52 Å². The Hall–Kier alpha value is -2.18. The van der Waals surface area contributed by atoms with Crippen LogP contribution in [0.1, 0.15) is 31.4 Å². The van der Waals surface area contributed by atoms with E-state index < -0.39 is 5.97 Å². The summed E-state index contributed by atoms with van der Waals surface area (Å²) in [5.41, 5.74) is 0.464. The molecule has 1 fully saturated rings. The Morgan fingerprint density at radius 3 is 3.00 bits per heavy atom. The zero-order valence-corrected chi connectivity index (χ0v) is 10.6. The molecule has 7 nitrogen and oxygen atoms in total. The summed E-state index contributed by atoms with van der Waals surface area (Å²) < 4.78 is 1.61. The van der Waals surface area contributed by atoms with E-state index >= 15 is 0 Å². The van der Waals surface area contributed by atoms with E-state index in [1.807, 2.05) is 13.0 Å². The summed E-state index contributed by atoms with van der Waals surface area (Å²) in [6, 6.07) is 1.86. The van der Waals surface area contributed by atoms with Crippen LogP contribution in [-0.4, -0.2) is 36.2 Å². The molecule has 0 radical (unpaired) electrons. The van der Waals surface area contributed by atoms with Crippen molar-refractivity contribution in [1.29, 1.82) is 0 Å². The SMILES string of the molecule is Cc1cc(NC2(CC(=O)O)CCC2)n2ncnc2n1. The Labute approximate surface area is 109 Å². The van der Waals surface area contributed by atoms with Gasteiger partial charge in [0.25, 0.3) is 5.78 Å². The Bertz CT molecular complexity index is 632. The highest BCUT2D eigenvalue weighted by Gasteiger charge is 2.39. The molecule has 2 heterocycles. The van der Waals surface area contributed by atoms with Gasteiger partial charge in [0.2, 0.25) is 0 Å². The standard InChI is InChI=1S/C12H15N5O2/c1-8-5-9(17-11(15-8)13-7-14-17)16-12(3-2-4-12)6-10(18)19/h5,7,16H,2-4,6H2,1H3,(H,18,19). The van der Waals surface area contributed by atoms with Crippen molar-refractivity contribution in [2.45, 2.75) is 38.1 Å². The summed E-state index contributed by atoms with van der Waals surface area (Å²) in [5, 5.41) is 16.5. The fourth-order valence-corrected chi connectivity index (χ4v) is 2.53. The summed E-state index contributed by atoms with van der Waals surface area (Å²) in [4.78, 5) is 19.3. The van der Waals surface area contributed by atoms with Gasteiger partial charge in [-0.3, -0.25) is 4.79 Å². The van der Waals surface area contributed by atoms with E-state index in [1.165, 1.54) is 6.33 Å². The molecule has 100 valence electrons. The van der Waals surface area contributed by atoms with Crippen LogP contribution >= 0.6 is 0 Å². The van der Waals surface area contributed by atoms with Gasteiger partial charge in [-0.1, -0.05) is 0 Å². The zero-order valence-electron chi connectivity index (χ0n) is 10.6. The minimum absolute atomic E-state index is 0.116. The number of fused-ring (bicyclic) bond motifs is 1. The van der Waals surface area contributed by atoms with Crippen molar-refractivity contribution in [3.8, 4) is 0 Å². The fourth-order valence-electron chi connectivity index (χ4n) is 2.53. The Kier molecular flexibility index (Phi) is 2.62. The first-order valence-electron chi connectivity index (χ1n) is 6.25. The monoisotopic (exact) mass is 261 g/mol. The lowest BCUT2D eigenvalue weighted by atomic mass is 9.74. The summed E-state index contributed by atoms with van der Waals surface area (Å²) >= 11 is 0. The number of nitrogens with zero attached hydrogens (tertiary/aromatic N) is 4. The molecule has 2 N–H and O–H groups in total. The summed E-state index contributed by atoms with van der Waals surface area (Å²) in [5.74, 6) is 0.487. The van der Waals surface area contributed by atoms with Gasteiger partial charge in [0, 0.05) is 17.3 Å². The van der Waals surface area contributed by atoms with Gasteiger partial charge < -0.3 is 10.4 Å². The normalized spacial score (nSPS) is 17.1. The molecule has 0 aromatic carbocycles. The van der Waals surface area contributed by atoms with Crippen molar-refractivity contribution in [1.82, 2.24) is 19.6 Å². The lowest BCUT2D eigenvalue weighted by Crippen LogP contribution is -2.47. The van der Waals surface area contributed by atoms with Crippen LogP contribution in [0.25, 0.3) is 5.78 Å². The summed E-state index contributed by atoms with van der Waals surface area (Å²) in [6.07, 6.45) is 4.32. The first-order valence-corrected chi connectivity index (χ1v) is 6.25. The average Bonchev–Trinajstić information content (AvgIpc) is 2.73. The third kappa shape index (κ3) is 2.11. The van der Waals surface area contributed by atoms with Crippen LogP contribution in [0.2, 0.25) is 0 Å². The van der Waals surface area contributed by atoms with E-state index in [0.29, 0.717) is 5.78 Å². The molecule has 0 amide bonds. The molecular formula is C12H15N5O2. The molecule has 0 bridgehead atoms. The molecule has 0 saturated heterocycles. The topological polar surface area (TPSA) is 92.4 Å². The number of carboxylic acid groups (broad SMARTS) is 1. The largest absolute Gasteiger partial charge is 0.481 e. The molecule has 0 unspecified atom stereocenters. The number of aryl methyl sites for hydroxylation is 1. The summed E-state index contributed by atoms with van der Waals surface area (Å²) in [7, 11) is 0. The third-order valence-electron chi connectivity index (χ3n) is 3.57. The lowest BCUT2D eigenvalue weighted by Gasteiger charge is -2.42. The van der Waals surface area contributed by atoms with Crippen molar-refractivity contribution in [3.63, 3.8) is 0 Å². The van der Waals surface area contributed by atoms with E-state index in [9.17, 15) is 4.79 Å². The number of anilines is 1. The number of aliphatic carboxylic acids is 1. The van der Waals surface area contributed by atoms with Crippen molar-refractivity contribution < 1.29 is 9.90 Å². The Morgan fingerprint density at radius 2 is 2.37 bits per heavy atom. The maximum Gasteiger partial charge on any atom is 0.305 e. The second-order valence-corrected chi connectivity index (χ2v) is 5.08. The second-order valence-electron chi connectivity index (χ2n) is 5.08. The zero-order chi connectivity index (χ0) is 13.5. The van der Waals surface area contributed by atoms with Gasteiger partial charge in [0.05, 0.1) is 6.42 Å². The predicted molar refractivity (Wildman–Crippen MR) is 68.0 cm³/mol. The van der Waals surface area contributed by atoms with Gasteiger partial charge in [-0.05, 0) is 26.2 Å². The molecule has 0 spiro atoms. The van der Waals surface area contributed by atoms with Crippen LogP contribution in [0.15, 0.2) is 12.4 Å². The van der Waals surface area contributed by atoms with Crippen LogP contribution < -0.4 is 5.32 Å². The van der Waals surface area contributed by atoms with Crippen molar-refractivity contribution in [2.24, 2.45) is 0 Å². The highest BCUT2D eigenvalue weighted by molar-refractivity contribution is 5.69. The number of hydrogen-bond acceptors (Lipinski definition) is 5. The number of carbonyl (C=O) groups is 1. The number of aromatic nitrogens is 4. The number of nitrogens with one attached hydrogen (secondary N) is 1. The molecule has 7 heteroatoms. The maximum absolute atomic E-state index is 11.0. The first-order chi connectivity index (χ1) is 9.08.